The molecule has 1 aromatic heterocycles. The molecule has 15 heavy (non-hydrogen) atoms. The Hall–Kier alpha value is -2.11. The van der Waals surface area contributed by atoms with Gasteiger partial charge in [-0.1, -0.05) is 0 Å². The first-order valence-corrected chi connectivity index (χ1v) is 4.42. The summed E-state index contributed by atoms with van der Waals surface area (Å²) in [5.74, 6) is 0. The number of aromatic nitrogens is 1. The zero-order chi connectivity index (χ0) is 11.3. The highest BCUT2D eigenvalue weighted by Gasteiger charge is 2.14. The summed E-state index contributed by atoms with van der Waals surface area (Å²) in [7, 11) is 0. The van der Waals surface area contributed by atoms with E-state index in [0.717, 1.165) is 12.4 Å². The number of nitro groups is 1. The first-order valence-electron chi connectivity index (χ1n) is 4.42. The van der Waals surface area contributed by atoms with Crippen LogP contribution in [0.15, 0.2) is 24.7 Å². The molecule has 0 aliphatic heterocycles. The van der Waals surface area contributed by atoms with Crippen molar-refractivity contribution in [2.75, 3.05) is 6.54 Å². The van der Waals surface area contributed by atoms with Crippen LogP contribution < -0.4 is 10.0 Å². The van der Waals surface area contributed by atoms with Crippen LogP contribution in [-0.4, -0.2) is 11.5 Å². The van der Waals surface area contributed by atoms with Crippen LogP contribution in [0, 0.1) is 15.3 Å². The first kappa shape index (κ1) is 11.0. The topological polar surface area (TPSA) is 82.1 Å². The normalized spacial score (nSPS) is 10.5. The van der Waals surface area contributed by atoms with E-state index in [0.29, 0.717) is 11.3 Å². The van der Waals surface area contributed by atoms with Gasteiger partial charge in [-0.3, -0.25) is 10.1 Å². The standard InChI is InChI=1S/C9H11N3O3/c1-2-10-5-3-8-7-11(13)6-4-9(8)12(14)15/h3-7,10H,2H2,1H3/b5-3+. The van der Waals surface area contributed by atoms with Crippen molar-refractivity contribution in [2.45, 2.75) is 6.92 Å². The second kappa shape index (κ2) is 4.94. The Labute approximate surface area is 86.6 Å². The van der Waals surface area contributed by atoms with Crippen molar-refractivity contribution in [1.29, 1.82) is 0 Å². The quantitative estimate of drug-likeness (QED) is 0.344. The molecule has 0 spiro atoms. The zero-order valence-corrected chi connectivity index (χ0v) is 8.21. The molecule has 1 heterocycles. The molecule has 0 radical (unpaired) electrons. The summed E-state index contributed by atoms with van der Waals surface area (Å²) >= 11 is 0. The van der Waals surface area contributed by atoms with Crippen LogP contribution >= 0.6 is 0 Å². The third-order valence-corrected chi connectivity index (χ3v) is 1.72. The van der Waals surface area contributed by atoms with E-state index in [-0.39, 0.29) is 11.3 Å². The van der Waals surface area contributed by atoms with Crippen molar-refractivity contribution in [1.82, 2.24) is 5.32 Å². The molecule has 0 aliphatic rings. The van der Waals surface area contributed by atoms with E-state index in [1.165, 1.54) is 12.1 Å². The number of nitrogens with zero attached hydrogens (tertiary/aromatic N) is 2. The monoisotopic (exact) mass is 209 g/mol. The average Bonchev–Trinajstić information content (AvgIpc) is 2.18. The molecule has 1 rings (SSSR count). The summed E-state index contributed by atoms with van der Waals surface area (Å²) in [4.78, 5) is 10.1. The van der Waals surface area contributed by atoms with Gasteiger partial charge in [0, 0.05) is 6.54 Å². The lowest BCUT2D eigenvalue weighted by atomic mass is 10.2. The van der Waals surface area contributed by atoms with E-state index in [1.54, 1.807) is 6.20 Å². The third-order valence-electron chi connectivity index (χ3n) is 1.72. The zero-order valence-electron chi connectivity index (χ0n) is 8.21. The van der Waals surface area contributed by atoms with Gasteiger partial charge in [0.2, 0.25) is 0 Å². The summed E-state index contributed by atoms with van der Waals surface area (Å²) in [6.07, 6.45) is 5.33. The summed E-state index contributed by atoms with van der Waals surface area (Å²) in [5, 5.41) is 24.4. The van der Waals surface area contributed by atoms with Crippen molar-refractivity contribution in [3.8, 4) is 0 Å². The van der Waals surface area contributed by atoms with Crippen molar-refractivity contribution in [2.24, 2.45) is 0 Å². The predicted octanol–water partition coefficient (Wildman–Crippen LogP) is 0.808. The van der Waals surface area contributed by atoms with Gasteiger partial charge in [0.25, 0.3) is 5.69 Å². The molecule has 1 N–H and O–H groups in total. The fraction of sp³-hybridized carbons (Fsp3) is 0.222. The Morgan fingerprint density at radius 2 is 2.40 bits per heavy atom. The summed E-state index contributed by atoms with van der Waals surface area (Å²) < 4.78 is 0.526. The molecule has 6 heteroatoms. The molecule has 0 amide bonds. The fourth-order valence-corrected chi connectivity index (χ4v) is 1.05. The maximum Gasteiger partial charge on any atom is 0.288 e. The van der Waals surface area contributed by atoms with Crippen LogP contribution in [0.1, 0.15) is 12.5 Å². The number of nitrogens with one attached hydrogen (secondary N) is 1. The highest BCUT2D eigenvalue weighted by molar-refractivity contribution is 5.58. The van der Waals surface area contributed by atoms with Crippen molar-refractivity contribution in [3.63, 3.8) is 0 Å². The van der Waals surface area contributed by atoms with E-state index in [4.69, 9.17) is 0 Å². The van der Waals surface area contributed by atoms with Crippen LogP contribution in [0.2, 0.25) is 0 Å². The molecule has 6 nitrogen and oxygen atoms in total. The maximum atomic E-state index is 10.9. The molecule has 0 aliphatic carbocycles. The molecule has 0 bridgehead atoms. The molecule has 0 fully saturated rings. The van der Waals surface area contributed by atoms with Gasteiger partial charge in [0.05, 0.1) is 11.0 Å². The SMILES string of the molecule is CCN/C=C/c1c[n+]([O-])ccc1[N+](=O)[O-]. The lowest BCUT2D eigenvalue weighted by Crippen LogP contribution is -2.25. The van der Waals surface area contributed by atoms with Gasteiger partial charge in [-0.2, -0.15) is 4.73 Å². The van der Waals surface area contributed by atoms with Gasteiger partial charge in [0.15, 0.2) is 12.4 Å². The minimum atomic E-state index is -0.522. The van der Waals surface area contributed by atoms with Gasteiger partial charge >= 0.3 is 0 Å². The lowest BCUT2D eigenvalue weighted by Gasteiger charge is -1.98. The number of hydrogen-bond acceptors (Lipinski definition) is 4. The fourth-order valence-electron chi connectivity index (χ4n) is 1.05. The van der Waals surface area contributed by atoms with E-state index < -0.39 is 4.92 Å². The molecule has 0 saturated carbocycles. The Morgan fingerprint density at radius 1 is 1.67 bits per heavy atom. The Morgan fingerprint density at radius 3 is 3.00 bits per heavy atom. The number of rotatable bonds is 4. The second-order valence-corrected chi connectivity index (χ2v) is 2.79. The van der Waals surface area contributed by atoms with Gasteiger partial charge in [-0.05, 0) is 19.2 Å². The van der Waals surface area contributed by atoms with Crippen LogP contribution in [0.3, 0.4) is 0 Å². The van der Waals surface area contributed by atoms with E-state index in [1.807, 2.05) is 6.92 Å². The molecule has 0 atom stereocenters. The largest absolute Gasteiger partial charge is 0.619 e. The van der Waals surface area contributed by atoms with Crippen LogP contribution in [0.5, 0.6) is 0 Å². The molecule has 1 aromatic rings. The number of hydrogen-bond donors (Lipinski definition) is 1. The summed E-state index contributed by atoms with van der Waals surface area (Å²) in [6.45, 7) is 2.62. The third kappa shape index (κ3) is 2.94. The molecular weight excluding hydrogens is 198 g/mol. The molecule has 80 valence electrons. The second-order valence-electron chi connectivity index (χ2n) is 2.79. The van der Waals surface area contributed by atoms with Gasteiger partial charge in [0.1, 0.15) is 5.56 Å². The number of pyridine rings is 1. The lowest BCUT2D eigenvalue weighted by molar-refractivity contribution is -0.606. The molecular formula is C9H11N3O3. The van der Waals surface area contributed by atoms with Gasteiger partial charge < -0.3 is 10.5 Å². The van der Waals surface area contributed by atoms with Crippen molar-refractivity contribution in [3.05, 3.63) is 45.5 Å². The summed E-state index contributed by atoms with van der Waals surface area (Å²) in [6, 6.07) is 1.18. The Kier molecular flexibility index (Phi) is 3.61. The van der Waals surface area contributed by atoms with Crippen LogP contribution in [0.4, 0.5) is 5.69 Å². The van der Waals surface area contributed by atoms with Crippen molar-refractivity contribution >= 4 is 11.8 Å². The highest BCUT2D eigenvalue weighted by atomic mass is 16.6. The average molecular weight is 209 g/mol. The minimum Gasteiger partial charge on any atom is -0.619 e. The van der Waals surface area contributed by atoms with E-state index in [9.17, 15) is 15.3 Å². The van der Waals surface area contributed by atoms with Crippen LogP contribution in [-0.2, 0) is 0 Å². The van der Waals surface area contributed by atoms with E-state index in [2.05, 4.69) is 5.32 Å². The predicted molar refractivity (Wildman–Crippen MR) is 54.8 cm³/mol. The Bertz CT molecular complexity index is 390. The van der Waals surface area contributed by atoms with Gasteiger partial charge in [-0.15, -0.1) is 0 Å². The smallest absolute Gasteiger partial charge is 0.288 e. The summed E-state index contributed by atoms with van der Waals surface area (Å²) in [5.41, 5.74) is 0.190. The van der Waals surface area contributed by atoms with E-state index >= 15 is 0 Å². The minimum absolute atomic E-state index is 0.0868. The first-order chi connectivity index (χ1) is 7.15. The Balaban J connectivity index is 3.02. The molecule has 0 saturated heterocycles. The van der Waals surface area contributed by atoms with Gasteiger partial charge in [-0.25, -0.2) is 0 Å². The van der Waals surface area contributed by atoms with Crippen LogP contribution in [0.25, 0.3) is 6.08 Å². The molecule has 0 unspecified atom stereocenters. The van der Waals surface area contributed by atoms with Crippen molar-refractivity contribution < 1.29 is 9.65 Å². The molecule has 0 aromatic carbocycles. The maximum absolute atomic E-state index is 10.9. The highest BCUT2D eigenvalue weighted by Crippen LogP contribution is 2.16.